The highest BCUT2D eigenvalue weighted by Gasteiger charge is 2.53. The number of hydrogen-bond donors (Lipinski definition) is 2. The van der Waals surface area contributed by atoms with E-state index in [1.807, 2.05) is 41.1 Å². The average molecular weight is 368 g/mol. The van der Waals surface area contributed by atoms with Gasteiger partial charge in [-0.25, -0.2) is 13.1 Å². The molecule has 2 aromatic carbocycles. The van der Waals surface area contributed by atoms with Crippen LogP contribution in [0.1, 0.15) is 34.1 Å². The fourth-order valence-corrected chi connectivity index (χ4v) is 4.90. The highest BCUT2D eigenvalue weighted by atomic mass is 32.2. The molecule has 0 saturated heterocycles. The number of hydrogen-bond acceptors (Lipinski definition) is 3. The summed E-state index contributed by atoms with van der Waals surface area (Å²) < 4.78 is 63.7. The second kappa shape index (κ2) is 5.30. The third-order valence-electron chi connectivity index (χ3n) is 5.09. The molecule has 3 aliphatic carbocycles. The van der Waals surface area contributed by atoms with E-state index in [2.05, 4.69) is 0 Å². The quantitative estimate of drug-likeness (QED) is 0.855. The third kappa shape index (κ3) is 2.32. The van der Waals surface area contributed by atoms with E-state index in [9.17, 15) is 21.6 Å². The van der Waals surface area contributed by atoms with Gasteiger partial charge in [0.15, 0.2) is 0 Å². The summed E-state index contributed by atoms with van der Waals surface area (Å²) in [6.45, 7) is 0. The summed E-state index contributed by atoms with van der Waals surface area (Å²) in [5.41, 5.74) is 4.41. The van der Waals surface area contributed by atoms with Gasteiger partial charge >= 0.3 is 15.5 Å². The zero-order chi connectivity index (χ0) is 18.0. The van der Waals surface area contributed by atoms with Crippen LogP contribution in [0.3, 0.4) is 0 Å². The second-order valence-electron chi connectivity index (χ2n) is 6.38. The van der Waals surface area contributed by atoms with E-state index < -0.39 is 33.5 Å². The van der Waals surface area contributed by atoms with Crippen LogP contribution in [0.15, 0.2) is 48.5 Å². The second-order valence-corrected chi connectivity index (χ2v) is 8.09. The first kappa shape index (κ1) is 16.6. The molecule has 0 aliphatic heterocycles. The van der Waals surface area contributed by atoms with Crippen LogP contribution in [-0.4, -0.2) is 26.0 Å². The molecule has 0 heterocycles. The summed E-state index contributed by atoms with van der Waals surface area (Å²) in [7, 11) is -5.49. The molecular formula is C17H15F3N2O2S. The summed E-state index contributed by atoms with van der Waals surface area (Å²) in [5.74, 6) is -0.900. The maximum atomic E-state index is 12.9. The van der Waals surface area contributed by atoms with E-state index >= 15 is 0 Å². The molecule has 0 amide bonds. The van der Waals surface area contributed by atoms with Crippen LogP contribution in [0.2, 0.25) is 0 Å². The minimum absolute atomic E-state index is 0.349. The van der Waals surface area contributed by atoms with Crippen molar-refractivity contribution in [3.05, 3.63) is 70.8 Å². The van der Waals surface area contributed by atoms with Crippen LogP contribution in [-0.2, 0) is 10.0 Å². The number of nitrogens with two attached hydrogens (primary N) is 1. The van der Waals surface area contributed by atoms with Gasteiger partial charge in [-0.2, -0.15) is 13.2 Å². The molecule has 3 aliphatic rings. The summed E-state index contributed by atoms with van der Waals surface area (Å²) in [5, 5.41) is 0. The van der Waals surface area contributed by atoms with Crippen LogP contribution in [0.4, 0.5) is 13.2 Å². The Kier molecular flexibility index (Phi) is 3.51. The molecule has 0 radical (unpaired) electrons. The van der Waals surface area contributed by atoms with E-state index in [0.717, 1.165) is 22.3 Å². The molecular weight excluding hydrogens is 353 g/mol. The molecule has 2 aromatic rings. The Morgan fingerprint density at radius 3 is 1.64 bits per heavy atom. The predicted molar refractivity (Wildman–Crippen MR) is 86.4 cm³/mol. The summed E-state index contributed by atoms with van der Waals surface area (Å²) in [4.78, 5) is 0. The van der Waals surface area contributed by atoms with E-state index in [0.29, 0.717) is 0 Å². The van der Waals surface area contributed by atoms with E-state index in [-0.39, 0.29) is 5.92 Å². The van der Waals surface area contributed by atoms with Crippen molar-refractivity contribution >= 4 is 10.0 Å². The minimum Gasteiger partial charge on any atom is -0.325 e. The zero-order valence-corrected chi connectivity index (χ0v) is 13.7. The molecule has 8 heteroatoms. The van der Waals surface area contributed by atoms with Gasteiger partial charge in [-0.1, -0.05) is 48.5 Å². The number of benzene rings is 2. The maximum Gasteiger partial charge on any atom is 0.511 e. The Labute approximate surface area is 142 Å². The largest absolute Gasteiger partial charge is 0.511 e. The summed E-state index contributed by atoms with van der Waals surface area (Å²) in [6.07, 6.45) is 0. The normalized spacial score (nSPS) is 27.7. The van der Waals surface area contributed by atoms with Crippen LogP contribution >= 0.6 is 0 Å². The summed E-state index contributed by atoms with van der Waals surface area (Å²) in [6, 6.07) is 12.9. The molecule has 25 heavy (non-hydrogen) atoms. The van der Waals surface area contributed by atoms with Gasteiger partial charge in [0.25, 0.3) is 0 Å². The van der Waals surface area contributed by atoms with Crippen molar-refractivity contribution in [1.82, 2.24) is 4.72 Å². The van der Waals surface area contributed by atoms with Crippen molar-refractivity contribution in [2.75, 3.05) is 0 Å². The van der Waals surface area contributed by atoms with E-state index in [4.69, 9.17) is 5.73 Å². The first-order chi connectivity index (χ1) is 11.7. The number of rotatable bonds is 2. The smallest absolute Gasteiger partial charge is 0.325 e. The Hall–Kier alpha value is -1.90. The lowest BCUT2D eigenvalue weighted by Gasteiger charge is -2.49. The Morgan fingerprint density at radius 1 is 0.840 bits per heavy atom. The molecule has 2 atom stereocenters. The molecule has 4 nitrogen and oxygen atoms in total. The van der Waals surface area contributed by atoms with Gasteiger partial charge in [0.05, 0.1) is 0 Å². The van der Waals surface area contributed by atoms with Crippen LogP contribution in [0, 0.1) is 0 Å². The molecule has 3 N–H and O–H groups in total. The van der Waals surface area contributed by atoms with Gasteiger partial charge in [0, 0.05) is 23.9 Å². The standard InChI is InChI=1S/C17H15F3N2O2S/c18-17(19,20)25(23,24)22-16-14-11-7-3-1-5-9(11)13(15(16)21)10-6-2-4-8-12(10)14/h1-8,13-16,22H,21H2. The molecule has 0 aromatic heterocycles. The first-order valence-corrected chi connectivity index (χ1v) is 9.22. The van der Waals surface area contributed by atoms with Crippen molar-refractivity contribution in [3.8, 4) is 0 Å². The molecule has 2 bridgehead atoms. The molecule has 2 unspecified atom stereocenters. The highest BCUT2D eigenvalue weighted by Crippen LogP contribution is 2.52. The van der Waals surface area contributed by atoms with Gasteiger partial charge < -0.3 is 5.73 Å². The van der Waals surface area contributed by atoms with Crippen LogP contribution in [0.5, 0.6) is 0 Å². The van der Waals surface area contributed by atoms with E-state index in [1.165, 1.54) is 0 Å². The molecule has 0 spiro atoms. The minimum atomic E-state index is -5.49. The number of halogens is 3. The Balaban J connectivity index is 1.88. The van der Waals surface area contributed by atoms with Gasteiger partial charge in [-0.15, -0.1) is 0 Å². The number of fused-ring (bicyclic) bond motifs is 1. The van der Waals surface area contributed by atoms with E-state index in [1.54, 1.807) is 12.1 Å². The van der Waals surface area contributed by atoms with Gasteiger partial charge in [0.2, 0.25) is 0 Å². The number of alkyl halides is 3. The van der Waals surface area contributed by atoms with Gasteiger partial charge in [-0.05, 0) is 22.3 Å². The fraction of sp³-hybridized carbons (Fsp3) is 0.294. The van der Waals surface area contributed by atoms with Crippen molar-refractivity contribution in [2.45, 2.75) is 29.4 Å². The van der Waals surface area contributed by atoms with Gasteiger partial charge in [0.1, 0.15) is 0 Å². The lowest BCUT2D eigenvalue weighted by atomic mass is 9.59. The lowest BCUT2D eigenvalue weighted by Crippen LogP contribution is -2.60. The average Bonchev–Trinajstić information content (AvgIpc) is 2.55. The Bertz CT molecular complexity index is 895. The SMILES string of the molecule is NC1C2c3ccccc3C(c3ccccc32)C1NS(=O)(=O)C(F)(F)F. The summed E-state index contributed by atoms with van der Waals surface area (Å²) >= 11 is 0. The first-order valence-electron chi connectivity index (χ1n) is 7.74. The van der Waals surface area contributed by atoms with Gasteiger partial charge in [-0.3, -0.25) is 0 Å². The van der Waals surface area contributed by atoms with Crippen molar-refractivity contribution < 1.29 is 21.6 Å². The predicted octanol–water partition coefficient (Wildman–Crippen LogP) is 2.41. The monoisotopic (exact) mass is 368 g/mol. The molecule has 5 rings (SSSR count). The Morgan fingerprint density at radius 2 is 1.24 bits per heavy atom. The number of nitrogens with one attached hydrogen (secondary N) is 1. The van der Waals surface area contributed by atoms with Crippen molar-refractivity contribution in [1.29, 1.82) is 0 Å². The van der Waals surface area contributed by atoms with Crippen molar-refractivity contribution in [2.24, 2.45) is 5.73 Å². The lowest BCUT2D eigenvalue weighted by molar-refractivity contribution is -0.0453. The number of sulfonamides is 1. The highest BCUT2D eigenvalue weighted by molar-refractivity contribution is 7.90. The maximum absolute atomic E-state index is 12.9. The molecule has 132 valence electrons. The molecule has 0 fully saturated rings. The zero-order valence-electron chi connectivity index (χ0n) is 12.9. The topological polar surface area (TPSA) is 72.2 Å². The fourth-order valence-electron chi connectivity index (χ4n) is 4.11. The van der Waals surface area contributed by atoms with Crippen LogP contribution in [0.25, 0.3) is 0 Å². The van der Waals surface area contributed by atoms with Crippen LogP contribution < -0.4 is 10.5 Å². The van der Waals surface area contributed by atoms with Crippen molar-refractivity contribution in [3.63, 3.8) is 0 Å². The molecule has 0 saturated carbocycles. The third-order valence-corrected chi connectivity index (χ3v) is 6.28.